The van der Waals surface area contributed by atoms with Gasteiger partial charge in [-0.05, 0) is 76.4 Å². The highest BCUT2D eigenvalue weighted by atomic mass is 32.2. The van der Waals surface area contributed by atoms with Gasteiger partial charge in [0.2, 0.25) is 0 Å². The molecule has 43 heavy (non-hydrogen) atoms. The third kappa shape index (κ3) is 7.03. The molecule has 2 fully saturated rings. The number of rotatable bonds is 11. The summed E-state index contributed by atoms with van der Waals surface area (Å²) in [7, 11) is -0.875. The minimum Gasteiger partial charge on any atom is -0.363 e. The molecule has 0 saturated carbocycles. The number of benzene rings is 1. The van der Waals surface area contributed by atoms with E-state index in [4.69, 9.17) is 0 Å². The Bertz CT molecular complexity index is 1530. The van der Waals surface area contributed by atoms with Crippen LogP contribution in [0.3, 0.4) is 0 Å². The fourth-order valence-electron chi connectivity index (χ4n) is 6.32. The van der Waals surface area contributed by atoms with Crippen molar-refractivity contribution in [1.82, 2.24) is 19.9 Å². The molecular weight excluding hydrogens is 575 g/mol. The van der Waals surface area contributed by atoms with Gasteiger partial charge in [0.1, 0.15) is 23.6 Å². The number of piperidine rings is 1. The van der Waals surface area contributed by atoms with Gasteiger partial charge in [0, 0.05) is 46.4 Å². The maximum atomic E-state index is 15.8. The number of aryl methyl sites for hydroxylation is 1. The second-order valence-electron chi connectivity index (χ2n) is 11.7. The van der Waals surface area contributed by atoms with Gasteiger partial charge in [-0.2, -0.15) is 0 Å². The molecule has 11 heteroatoms. The molecule has 4 heterocycles. The zero-order valence-corrected chi connectivity index (χ0v) is 25.4. The molecule has 0 spiro atoms. The summed E-state index contributed by atoms with van der Waals surface area (Å²) >= 11 is 0. The SMILES string of the molecule is C=CCCCn1c(=O)c(C2CCS(=O)CC2)cc2c(N[C@H](C)c3cccc(C(F)(F)CC4CCNCC4)c3F)ncnc21. The standard InChI is InChI=1S/C32H40F3N5O2S/c1-3-4-5-15-40-30-26(18-25(31(40)41)23-11-16-43(42)17-12-23)29(37-20-38-30)39-21(2)24-7-6-8-27(28(24)33)32(34,35)19-22-9-13-36-14-10-22/h3,6-8,18,20-23,36H,1,4-5,9-17,19H2,2H3,(H,37,38,39)/t21-,23?,43?/m1/s1. The molecule has 1 atom stereocenters. The van der Waals surface area contributed by atoms with Gasteiger partial charge < -0.3 is 10.6 Å². The number of hydrogen-bond acceptors (Lipinski definition) is 6. The Morgan fingerprint density at radius 3 is 2.67 bits per heavy atom. The van der Waals surface area contributed by atoms with Crippen LogP contribution in [0.15, 0.2) is 48.0 Å². The second kappa shape index (κ2) is 13.7. The van der Waals surface area contributed by atoms with Crippen molar-refractivity contribution in [3.8, 4) is 0 Å². The molecule has 0 unspecified atom stereocenters. The molecule has 2 aliphatic heterocycles. The van der Waals surface area contributed by atoms with Crippen molar-refractivity contribution in [2.45, 2.75) is 76.3 Å². The van der Waals surface area contributed by atoms with Crippen LogP contribution >= 0.6 is 0 Å². The molecule has 0 radical (unpaired) electrons. The lowest BCUT2D eigenvalue weighted by Crippen LogP contribution is -2.31. The van der Waals surface area contributed by atoms with Crippen molar-refractivity contribution in [3.05, 3.63) is 76.1 Å². The van der Waals surface area contributed by atoms with E-state index in [1.54, 1.807) is 23.6 Å². The predicted octanol–water partition coefficient (Wildman–Crippen LogP) is 6.18. The molecular formula is C32H40F3N5O2S. The van der Waals surface area contributed by atoms with Crippen LogP contribution in [0.4, 0.5) is 19.0 Å². The number of unbranched alkanes of at least 4 members (excludes halogenated alkanes) is 1. The van der Waals surface area contributed by atoms with E-state index < -0.39 is 34.1 Å². The number of halogens is 3. The summed E-state index contributed by atoms with van der Waals surface area (Å²) in [5.41, 5.74) is 0.478. The van der Waals surface area contributed by atoms with E-state index in [1.165, 1.54) is 24.5 Å². The Morgan fingerprint density at radius 1 is 1.21 bits per heavy atom. The molecule has 0 bridgehead atoms. The summed E-state index contributed by atoms with van der Waals surface area (Å²) in [6, 6.07) is 5.27. The number of anilines is 1. The van der Waals surface area contributed by atoms with Crippen molar-refractivity contribution >= 4 is 27.7 Å². The van der Waals surface area contributed by atoms with Crippen LogP contribution in [0.5, 0.6) is 0 Å². The van der Waals surface area contributed by atoms with Gasteiger partial charge >= 0.3 is 0 Å². The Balaban J connectivity index is 1.48. The molecule has 2 saturated heterocycles. The normalized spacial score (nSPS) is 20.7. The predicted molar refractivity (Wildman–Crippen MR) is 166 cm³/mol. The molecule has 2 aromatic heterocycles. The van der Waals surface area contributed by atoms with Gasteiger partial charge in [0.25, 0.3) is 11.5 Å². The molecule has 0 amide bonds. The van der Waals surface area contributed by atoms with Gasteiger partial charge in [-0.1, -0.05) is 24.3 Å². The fraction of sp³-hybridized carbons (Fsp3) is 0.531. The van der Waals surface area contributed by atoms with E-state index >= 15 is 13.2 Å². The van der Waals surface area contributed by atoms with Gasteiger partial charge in [-0.15, -0.1) is 6.58 Å². The lowest BCUT2D eigenvalue weighted by molar-refractivity contribution is -0.0357. The zero-order valence-electron chi connectivity index (χ0n) is 24.6. The summed E-state index contributed by atoms with van der Waals surface area (Å²) in [5.74, 6) is -2.93. The fourth-order valence-corrected chi connectivity index (χ4v) is 7.62. The highest BCUT2D eigenvalue weighted by Crippen LogP contribution is 2.40. The van der Waals surface area contributed by atoms with Crippen LogP contribution in [0, 0.1) is 11.7 Å². The van der Waals surface area contributed by atoms with Gasteiger partial charge in [0.15, 0.2) is 0 Å². The van der Waals surface area contributed by atoms with Crippen molar-refractivity contribution in [3.63, 3.8) is 0 Å². The summed E-state index contributed by atoms with van der Waals surface area (Å²) in [6.45, 7) is 7.31. The minimum absolute atomic E-state index is 0.0398. The first kappa shape index (κ1) is 31.4. The number of pyridine rings is 1. The number of hydrogen-bond donors (Lipinski definition) is 2. The van der Waals surface area contributed by atoms with Crippen LogP contribution in [-0.2, 0) is 23.3 Å². The van der Waals surface area contributed by atoms with Crippen molar-refractivity contribution < 1.29 is 17.4 Å². The van der Waals surface area contributed by atoms with Crippen LogP contribution < -0.4 is 16.2 Å². The maximum absolute atomic E-state index is 15.8. The largest absolute Gasteiger partial charge is 0.363 e. The van der Waals surface area contributed by atoms with Crippen LogP contribution in [0.25, 0.3) is 11.0 Å². The topological polar surface area (TPSA) is 88.9 Å². The number of nitrogens with zero attached hydrogens (tertiary/aromatic N) is 3. The van der Waals surface area contributed by atoms with Crippen molar-refractivity contribution in [2.24, 2.45) is 5.92 Å². The number of alkyl halides is 2. The summed E-state index contributed by atoms with van der Waals surface area (Å²) in [5, 5.41) is 7.01. The van der Waals surface area contributed by atoms with Gasteiger partial charge in [-0.3, -0.25) is 13.6 Å². The number of allylic oxidation sites excluding steroid dienone is 1. The van der Waals surface area contributed by atoms with Gasteiger partial charge in [0.05, 0.1) is 17.0 Å². The lowest BCUT2D eigenvalue weighted by atomic mass is 9.88. The third-order valence-corrected chi connectivity index (χ3v) is 10.2. The molecule has 232 valence electrons. The first-order valence-corrected chi connectivity index (χ1v) is 16.7. The average Bonchev–Trinajstić information content (AvgIpc) is 2.99. The molecule has 2 aliphatic rings. The summed E-state index contributed by atoms with van der Waals surface area (Å²) < 4.78 is 60.2. The zero-order chi connectivity index (χ0) is 30.6. The maximum Gasteiger partial charge on any atom is 0.276 e. The van der Waals surface area contributed by atoms with E-state index in [0.717, 1.165) is 6.42 Å². The smallest absolute Gasteiger partial charge is 0.276 e. The van der Waals surface area contributed by atoms with E-state index in [-0.39, 0.29) is 29.4 Å². The van der Waals surface area contributed by atoms with Crippen LogP contribution in [-0.4, -0.2) is 43.3 Å². The molecule has 1 aromatic carbocycles. The Morgan fingerprint density at radius 2 is 1.95 bits per heavy atom. The Hall–Kier alpha value is -3.05. The molecule has 3 aromatic rings. The highest BCUT2D eigenvalue weighted by molar-refractivity contribution is 7.85. The molecule has 7 nitrogen and oxygen atoms in total. The van der Waals surface area contributed by atoms with E-state index in [2.05, 4.69) is 27.2 Å². The van der Waals surface area contributed by atoms with Crippen LogP contribution in [0.1, 0.15) is 80.5 Å². The van der Waals surface area contributed by atoms with Crippen molar-refractivity contribution in [2.75, 3.05) is 29.9 Å². The monoisotopic (exact) mass is 615 g/mol. The lowest BCUT2D eigenvalue weighted by Gasteiger charge is -2.28. The van der Waals surface area contributed by atoms with Crippen LogP contribution in [0.2, 0.25) is 0 Å². The minimum atomic E-state index is -3.29. The van der Waals surface area contributed by atoms with E-state index in [1.807, 2.05) is 0 Å². The Kier molecular flexibility index (Phi) is 10.0. The van der Waals surface area contributed by atoms with Gasteiger partial charge in [-0.25, -0.2) is 23.1 Å². The Labute approximate surface area is 252 Å². The summed E-state index contributed by atoms with van der Waals surface area (Å²) in [6.07, 6.45) is 6.79. The molecule has 0 aliphatic carbocycles. The highest BCUT2D eigenvalue weighted by Gasteiger charge is 2.38. The van der Waals surface area contributed by atoms with Crippen molar-refractivity contribution in [1.29, 1.82) is 0 Å². The number of fused-ring (bicyclic) bond motifs is 1. The average molecular weight is 616 g/mol. The number of aromatic nitrogens is 3. The summed E-state index contributed by atoms with van der Waals surface area (Å²) in [4.78, 5) is 22.6. The second-order valence-corrected chi connectivity index (χ2v) is 13.4. The quantitative estimate of drug-likeness (QED) is 0.198. The number of nitrogens with one attached hydrogen (secondary N) is 2. The first-order chi connectivity index (χ1) is 20.7. The third-order valence-electron chi connectivity index (χ3n) is 8.77. The van der Waals surface area contributed by atoms with E-state index in [0.29, 0.717) is 85.7 Å². The molecule has 2 N–H and O–H groups in total. The molecule has 5 rings (SSSR count). The first-order valence-electron chi connectivity index (χ1n) is 15.2. The van der Waals surface area contributed by atoms with E-state index in [9.17, 15) is 9.00 Å².